The predicted octanol–water partition coefficient (Wildman–Crippen LogP) is 2.21. The van der Waals surface area contributed by atoms with Gasteiger partial charge in [0.2, 0.25) is 0 Å². The van der Waals surface area contributed by atoms with E-state index in [1.54, 1.807) is 6.20 Å². The molecule has 4 nitrogen and oxygen atoms in total. The van der Waals surface area contributed by atoms with E-state index in [2.05, 4.69) is 30.7 Å². The Hall–Kier alpha value is -0.870. The Bertz CT molecular complexity index is 400. The SMILES string of the molecule is Cn1ccnc1C(O)C1CCN(CC(C)(C)C)CC1. The molecule has 1 aliphatic rings. The van der Waals surface area contributed by atoms with Crippen LogP contribution in [0.4, 0.5) is 0 Å². The summed E-state index contributed by atoms with van der Waals surface area (Å²) in [5.74, 6) is 1.14. The zero-order valence-corrected chi connectivity index (χ0v) is 12.6. The number of aromatic nitrogens is 2. The number of likely N-dealkylation sites (tertiary alicyclic amines) is 1. The summed E-state index contributed by atoms with van der Waals surface area (Å²) in [7, 11) is 1.94. The van der Waals surface area contributed by atoms with Crippen molar-refractivity contribution >= 4 is 0 Å². The fraction of sp³-hybridized carbons (Fsp3) is 0.800. The fourth-order valence-corrected chi connectivity index (χ4v) is 2.97. The van der Waals surface area contributed by atoms with Crippen molar-refractivity contribution in [2.45, 2.75) is 39.7 Å². The van der Waals surface area contributed by atoms with Crippen molar-refractivity contribution in [1.29, 1.82) is 0 Å². The second-order valence-electron chi connectivity index (χ2n) is 7.02. The number of aliphatic hydroxyl groups is 1. The maximum Gasteiger partial charge on any atom is 0.137 e. The van der Waals surface area contributed by atoms with Crippen LogP contribution in [0.3, 0.4) is 0 Å². The van der Waals surface area contributed by atoms with Gasteiger partial charge >= 0.3 is 0 Å². The smallest absolute Gasteiger partial charge is 0.137 e. The molecule has 1 unspecified atom stereocenters. The third kappa shape index (κ3) is 3.80. The van der Waals surface area contributed by atoms with Gasteiger partial charge in [0.15, 0.2) is 0 Å². The predicted molar refractivity (Wildman–Crippen MR) is 76.8 cm³/mol. The molecule has 19 heavy (non-hydrogen) atoms. The topological polar surface area (TPSA) is 41.3 Å². The van der Waals surface area contributed by atoms with Crippen molar-refractivity contribution in [1.82, 2.24) is 14.5 Å². The monoisotopic (exact) mass is 265 g/mol. The third-order valence-electron chi connectivity index (χ3n) is 3.90. The summed E-state index contributed by atoms with van der Waals surface area (Å²) < 4.78 is 1.92. The van der Waals surface area contributed by atoms with Crippen molar-refractivity contribution in [3.05, 3.63) is 18.2 Å². The van der Waals surface area contributed by atoms with Gasteiger partial charge in [0, 0.05) is 26.0 Å². The molecule has 1 fully saturated rings. The van der Waals surface area contributed by atoms with Gasteiger partial charge in [-0.15, -0.1) is 0 Å². The van der Waals surface area contributed by atoms with Crippen LogP contribution in [0.1, 0.15) is 45.5 Å². The largest absolute Gasteiger partial charge is 0.385 e. The van der Waals surface area contributed by atoms with Gasteiger partial charge < -0.3 is 14.6 Å². The molecule has 4 heteroatoms. The number of aliphatic hydroxyl groups excluding tert-OH is 1. The number of imidazole rings is 1. The first-order valence-corrected chi connectivity index (χ1v) is 7.24. The van der Waals surface area contributed by atoms with E-state index in [9.17, 15) is 5.11 Å². The summed E-state index contributed by atoms with van der Waals surface area (Å²) in [6.07, 6.45) is 5.35. The molecule has 1 aromatic heterocycles. The van der Waals surface area contributed by atoms with Crippen molar-refractivity contribution in [2.24, 2.45) is 18.4 Å². The minimum absolute atomic E-state index is 0.345. The molecular formula is C15H27N3O. The Balaban J connectivity index is 1.88. The minimum Gasteiger partial charge on any atom is -0.385 e. The Morgan fingerprint density at radius 2 is 2.00 bits per heavy atom. The lowest BCUT2D eigenvalue weighted by Crippen LogP contribution is -2.40. The molecule has 1 aromatic rings. The van der Waals surface area contributed by atoms with Gasteiger partial charge in [-0.3, -0.25) is 0 Å². The first-order chi connectivity index (χ1) is 8.87. The lowest BCUT2D eigenvalue weighted by atomic mass is 9.88. The number of hydrogen-bond acceptors (Lipinski definition) is 3. The van der Waals surface area contributed by atoms with E-state index in [1.165, 1.54) is 0 Å². The molecule has 0 amide bonds. The molecule has 0 aliphatic carbocycles. The van der Waals surface area contributed by atoms with Crippen molar-refractivity contribution < 1.29 is 5.11 Å². The molecule has 2 rings (SSSR count). The zero-order chi connectivity index (χ0) is 14.0. The van der Waals surface area contributed by atoms with E-state index in [1.807, 2.05) is 17.8 Å². The Morgan fingerprint density at radius 1 is 1.37 bits per heavy atom. The zero-order valence-electron chi connectivity index (χ0n) is 12.6. The average Bonchev–Trinajstić information content (AvgIpc) is 2.73. The Labute approximate surface area is 116 Å². The van der Waals surface area contributed by atoms with Crippen LogP contribution >= 0.6 is 0 Å². The van der Waals surface area contributed by atoms with Crippen LogP contribution in [0.15, 0.2) is 12.4 Å². The van der Waals surface area contributed by atoms with Crippen LogP contribution in [0, 0.1) is 11.3 Å². The van der Waals surface area contributed by atoms with Gasteiger partial charge in [0.25, 0.3) is 0 Å². The molecule has 0 saturated carbocycles. The van der Waals surface area contributed by atoms with E-state index < -0.39 is 6.10 Å². The van der Waals surface area contributed by atoms with E-state index in [-0.39, 0.29) is 0 Å². The molecule has 1 atom stereocenters. The van der Waals surface area contributed by atoms with E-state index >= 15 is 0 Å². The Morgan fingerprint density at radius 3 is 2.47 bits per heavy atom. The number of nitrogens with zero attached hydrogens (tertiary/aromatic N) is 3. The van der Waals surface area contributed by atoms with Gasteiger partial charge in [-0.05, 0) is 37.3 Å². The summed E-state index contributed by atoms with van der Waals surface area (Å²) in [4.78, 5) is 6.78. The van der Waals surface area contributed by atoms with E-state index in [0.717, 1.165) is 38.3 Å². The van der Waals surface area contributed by atoms with Crippen molar-refractivity contribution in [3.63, 3.8) is 0 Å². The molecular weight excluding hydrogens is 238 g/mol. The molecule has 0 aromatic carbocycles. The van der Waals surface area contributed by atoms with Gasteiger partial charge in [-0.25, -0.2) is 4.98 Å². The van der Waals surface area contributed by atoms with Gasteiger partial charge in [0.1, 0.15) is 11.9 Å². The molecule has 0 bridgehead atoms. The third-order valence-corrected chi connectivity index (χ3v) is 3.90. The quantitative estimate of drug-likeness (QED) is 0.911. The maximum absolute atomic E-state index is 10.4. The highest BCUT2D eigenvalue weighted by Gasteiger charge is 2.29. The number of rotatable bonds is 3. The second-order valence-corrected chi connectivity index (χ2v) is 7.02. The van der Waals surface area contributed by atoms with Crippen LogP contribution < -0.4 is 0 Å². The van der Waals surface area contributed by atoms with Gasteiger partial charge in [0.05, 0.1) is 0 Å². The van der Waals surface area contributed by atoms with E-state index in [4.69, 9.17) is 0 Å². The van der Waals surface area contributed by atoms with Crippen molar-refractivity contribution in [3.8, 4) is 0 Å². The highest BCUT2D eigenvalue weighted by Crippen LogP contribution is 2.30. The van der Waals surface area contributed by atoms with Crippen LogP contribution in [0.25, 0.3) is 0 Å². The molecule has 108 valence electrons. The highest BCUT2D eigenvalue weighted by molar-refractivity contribution is 4.98. The summed E-state index contributed by atoms with van der Waals surface area (Å²) in [6, 6.07) is 0. The summed E-state index contributed by atoms with van der Waals surface area (Å²) >= 11 is 0. The standard InChI is InChI=1S/C15H27N3O/c1-15(2,3)11-18-8-5-12(6-9-18)13(19)14-16-7-10-17(14)4/h7,10,12-13,19H,5-6,8-9,11H2,1-4H3. The van der Waals surface area contributed by atoms with Crippen LogP contribution in [0.2, 0.25) is 0 Å². The van der Waals surface area contributed by atoms with E-state index in [0.29, 0.717) is 11.3 Å². The second kappa shape index (κ2) is 5.63. The van der Waals surface area contributed by atoms with Crippen LogP contribution in [0.5, 0.6) is 0 Å². The van der Waals surface area contributed by atoms with Gasteiger partial charge in [-0.1, -0.05) is 20.8 Å². The normalized spacial score (nSPS) is 20.7. The Kier molecular flexibility index (Phi) is 4.31. The first-order valence-electron chi connectivity index (χ1n) is 7.24. The fourth-order valence-electron chi connectivity index (χ4n) is 2.97. The first kappa shape index (κ1) is 14.5. The lowest BCUT2D eigenvalue weighted by molar-refractivity contribution is 0.0425. The van der Waals surface area contributed by atoms with Crippen LogP contribution in [-0.4, -0.2) is 39.2 Å². The molecule has 1 N–H and O–H groups in total. The molecule has 1 aliphatic heterocycles. The minimum atomic E-state index is -0.420. The molecule has 0 radical (unpaired) electrons. The summed E-state index contributed by atoms with van der Waals surface area (Å²) in [5.41, 5.74) is 0.352. The average molecular weight is 265 g/mol. The number of hydrogen-bond donors (Lipinski definition) is 1. The van der Waals surface area contributed by atoms with Crippen LogP contribution in [-0.2, 0) is 7.05 Å². The van der Waals surface area contributed by atoms with Gasteiger partial charge in [-0.2, -0.15) is 0 Å². The summed E-state index contributed by atoms with van der Waals surface area (Å²) in [6.45, 7) is 10.1. The maximum atomic E-state index is 10.4. The molecule has 1 saturated heterocycles. The molecule has 2 heterocycles. The summed E-state index contributed by atoms with van der Waals surface area (Å²) in [5, 5.41) is 10.4. The lowest BCUT2D eigenvalue weighted by Gasteiger charge is -2.37. The number of aryl methyl sites for hydroxylation is 1. The molecule has 0 spiro atoms. The van der Waals surface area contributed by atoms with Crippen molar-refractivity contribution in [2.75, 3.05) is 19.6 Å². The number of piperidine rings is 1. The highest BCUT2D eigenvalue weighted by atomic mass is 16.3.